The van der Waals surface area contributed by atoms with Crippen molar-refractivity contribution in [2.75, 3.05) is 32.8 Å². The highest BCUT2D eigenvalue weighted by molar-refractivity contribution is 5.88. The number of aliphatic hydroxyl groups excluding tert-OH is 1. The fourth-order valence-corrected chi connectivity index (χ4v) is 3.58. The van der Waals surface area contributed by atoms with E-state index in [4.69, 9.17) is 9.47 Å². The minimum atomic E-state index is -0.503. The average molecular weight is 408 g/mol. The zero-order valence-electron chi connectivity index (χ0n) is 18.3. The Kier molecular flexibility index (Phi) is 8.12. The van der Waals surface area contributed by atoms with E-state index in [0.29, 0.717) is 6.61 Å². The Labute approximate surface area is 180 Å². The van der Waals surface area contributed by atoms with Gasteiger partial charge in [-0.3, -0.25) is 0 Å². The van der Waals surface area contributed by atoms with Crippen LogP contribution in [0.15, 0.2) is 60.7 Å². The van der Waals surface area contributed by atoms with E-state index in [1.54, 1.807) is 6.92 Å². The topological polar surface area (TPSA) is 41.9 Å². The molecule has 1 atom stereocenters. The summed E-state index contributed by atoms with van der Waals surface area (Å²) in [4.78, 5) is 2.35. The van der Waals surface area contributed by atoms with Gasteiger partial charge in [-0.05, 0) is 54.5 Å². The number of ether oxygens (including phenoxy) is 2. The van der Waals surface area contributed by atoms with E-state index >= 15 is 0 Å². The highest BCUT2D eigenvalue weighted by atomic mass is 16.5. The summed E-state index contributed by atoms with van der Waals surface area (Å²) in [6.07, 6.45) is 0.257. The van der Waals surface area contributed by atoms with Gasteiger partial charge in [-0.25, -0.2) is 0 Å². The van der Waals surface area contributed by atoms with Crippen LogP contribution in [0.2, 0.25) is 0 Å². The number of benzene rings is 3. The molecule has 4 heteroatoms. The molecule has 30 heavy (non-hydrogen) atoms. The fourth-order valence-electron chi connectivity index (χ4n) is 3.58. The van der Waals surface area contributed by atoms with Gasteiger partial charge in [0.05, 0.1) is 6.10 Å². The van der Waals surface area contributed by atoms with Gasteiger partial charge < -0.3 is 19.5 Å². The van der Waals surface area contributed by atoms with E-state index in [9.17, 15) is 5.11 Å². The molecule has 0 radical (unpaired) electrons. The number of hydrogen-bond donors (Lipinski definition) is 1. The van der Waals surface area contributed by atoms with Crippen molar-refractivity contribution in [3.63, 3.8) is 0 Å². The van der Waals surface area contributed by atoms with Gasteiger partial charge in [0.1, 0.15) is 24.7 Å². The Morgan fingerprint density at radius 3 is 2.33 bits per heavy atom. The zero-order chi connectivity index (χ0) is 21.3. The molecule has 0 heterocycles. The molecule has 4 nitrogen and oxygen atoms in total. The minimum Gasteiger partial charge on any atom is -0.492 e. The van der Waals surface area contributed by atoms with Crippen LogP contribution >= 0.6 is 0 Å². The highest BCUT2D eigenvalue weighted by Gasteiger charge is 2.11. The molecule has 3 aromatic carbocycles. The summed E-state index contributed by atoms with van der Waals surface area (Å²) in [5.41, 5.74) is 2.34. The predicted molar refractivity (Wildman–Crippen MR) is 124 cm³/mol. The van der Waals surface area contributed by atoms with Gasteiger partial charge in [-0.1, -0.05) is 56.3 Å². The highest BCUT2D eigenvalue weighted by Crippen LogP contribution is 2.31. The summed E-state index contributed by atoms with van der Waals surface area (Å²) in [5, 5.41) is 12.0. The third-order valence-electron chi connectivity index (χ3n) is 5.35. The van der Waals surface area contributed by atoms with Gasteiger partial charge >= 0.3 is 0 Å². The molecule has 0 bridgehead atoms. The van der Waals surface area contributed by atoms with E-state index in [1.807, 2.05) is 24.3 Å². The first-order chi connectivity index (χ1) is 14.6. The molecule has 160 valence electrons. The maximum Gasteiger partial charge on any atom is 0.123 e. The van der Waals surface area contributed by atoms with E-state index in [2.05, 4.69) is 55.1 Å². The van der Waals surface area contributed by atoms with Crippen LogP contribution in [0.3, 0.4) is 0 Å². The van der Waals surface area contributed by atoms with Crippen LogP contribution in [0.5, 0.6) is 11.5 Å². The SMILES string of the molecule is CCN(CC)CCOc1ccc(Cc2c(OCC(C)O)ccc3ccccc23)cc1. The first-order valence-electron chi connectivity index (χ1n) is 10.9. The largest absolute Gasteiger partial charge is 0.492 e. The molecule has 0 fully saturated rings. The summed E-state index contributed by atoms with van der Waals surface area (Å²) in [5.74, 6) is 1.73. The normalized spacial score (nSPS) is 12.3. The second-order valence-electron chi connectivity index (χ2n) is 7.62. The molecule has 0 amide bonds. The van der Waals surface area contributed by atoms with Crippen molar-refractivity contribution in [2.45, 2.75) is 33.3 Å². The molecule has 1 unspecified atom stereocenters. The Morgan fingerprint density at radius 1 is 0.900 bits per heavy atom. The number of aliphatic hydroxyl groups is 1. The molecule has 3 rings (SSSR count). The average Bonchev–Trinajstić information content (AvgIpc) is 2.77. The summed E-state index contributed by atoms with van der Waals surface area (Å²) >= 11 is 0. The Balaban J connectivity index is 1.74. The lowest BCUT2D eigenvalue weighted by atomic mass is 9.97. The van der Waals surface area contributed by atoms with Crippen LogP contribution in [0, 0.1) is 0 Å². The van der Waals surface area contributed by atoms with Crippen LogP contribution in [0.1, 0.15) is 31.9 Å². The van der Waals surface area contributed by atoms with Gasteiger partial charge in [0.25, 0.3) is 0 Å². The molecule has 3 aromatic rings. The number of fused-ring (bicyclic) bond motifs is 1. The monoisotopic (exact) mass is 407 g/mol. The lowest BCUT2D eigenvalue weighted by Crippen LogP contribution is -2.27. The van der Waals surface area contributed by atoms with Crippen molar-refractivity contribution in [3.05, 3.63) is 71.8 Å². The van der Waals surface area contributed by atoms with E-state index in [-0.39, 0.29) is 6.61 Å². The summed E-state index contributed by atoms with van der Waals surface area (Å²) < 4.78 is 11.8. The van der Waals surface area contributed by atoms with Crippen molar-refractivity contribution < 1.29 is 14.6 Å². The van der Waals surface area contributed by atoms with Crippen LogP contribution in [-0.4, -0.2) is 49.0 Å². The van der Waals surface area contributed by atoms with Crippen molar-refractivity contribution >= 4 is 10.8 Å². The van der Waals surface area contributed by atoms with Gasteiger partial charge in [0, 0.05) is 18.5 Å². The van der Waals surface area contributed by atoms with E-state index < -0.39 is 6.10 Å². The number of hydrogen-bond acceptors (Lipinski definition) is 4. The van der Waals surface area contributed by atoms with E-state index in [0.717, 1.165) is 43.1 Å². The quantitative estimate of drug-likeness (QED) is 0.490. The van der Waals surface area contributed by atoms with Crippen LogP contribution < -0.4 is 9.47 Å². The number of rotatable bonds is 11. The smallest absolute Gasteiger partial charge is 0.123 e. The van der Waals surface area contributed by atoms with Crippen molar-refractivity contribution in [3.8, 4) is 11.5 Å². The zero-order valence-corrected chi connectivity index (χ0v) is 18.3. The third kappa shape index (κ3) is 5.97. The van der Waals surface area contributed by atoms with Crippen LogP contribution in [0.4, 0.5) is 0 Å². The molecule has 0 aliphatic heterocycles. The molecule has 0 saturated heterocycles. The second kappa shape index (κ2) is 11.0. The molecule has 0 aliphatic carbocycles. The van der Waals surface area contributed by atoms with Gasteiger partial charge in [-0.2, -0.15) is 0 Å². The Morgan fingerprint density at radius 2 is 1.63 bits per heavy atom. The summed E-state index contributed by atoms with van der Waals surface area (Å²) in [6.45, 7) is 10.1. The van der Waals surface area contributed by atoms with Crippen molar-refractivity contribution in [1.29, 1.82) is 0 Å². The summed E-state index contributed by atoms with van der Waals surface area (Å²) in [6, 6.07) is 20.7. The minimum absolute atomic E-state index is 0.282. The predicted octanol–water partition coefficient (Wildman–Crippen LogP) is 4.91. The maximum absolute atomic E-state index is 9.63. The first-order valence-corrected chi connectivity index (χ1v) is 10.9. The maximum atomic E-state index is 9.63. The number of likely N-dealkylation sites (N-methyl/N-ethyl adjacent to an activating group) is 1. The molecule has 0 spiro atoms. The Hall–Kier alpha value is -2.56. The fraction of sp³-hybridized carbons (Fsp3) is 0.385. The summed E-state index contributed by atoms with van der Waals surface area (Å²) in [7, 11) is 0. The van der Waals surface area contributed by atoms with Crippen LogP contribution in [-0.2, 0) is 6.42 Å². The van der Waals surface area contributed by atoms with Gasteiger partial charge in [0.15, 0.2) is 0 Å². The Bertz CT molecular complexity index is 917. The number of nitrogens with zero attached hydrogens (tertiary/aromatic N) is 1. The van der Waals surface area contributed by atoms with Gasteiger partial charge in [0.2, 0.25) is 0 Å². The second-order valence-corrected chi connectivity index (χ2v) is 7.62. The van der Waals surface area contributed by atoms with Crippen molar-refractivity contribution in [1.82, 2.24) is 4.90 Å². The molecule has 1 N–H and O–H groups in total. The molecule has 0 aromatic heterocycles. The van der Waals surface area contributed by atoms with Crippen LogP contribution in [0.25, 0.3) is 10.8 Å². The van der Waals surface area contributed by atoms with Crippen molar-refractivity contribution in [2.24, 2.45) is 0 Å². The molecule has 0 saturated carbocycles. The molecular formula is C26H33NO3. The molecular weight excluding hydrogens is 374 g/mol. The standard InChI is InChI=1S/C26H33NO3/c1-4-27(5-2)16-17-29-23-13-10-21(11-14-23)18-25-24-9-7-6-8-22(24)12-15-26(25)30-19-20(3)28/h6-15,20,28H,4-5,16-19H2,1-3H3. The van der Waals surface area contributed by atoms with Gasteiger partial charge in [-0.15, -0.1) is 0 Å². The first kappa shape index (κ1) is 22.1. The lowest BCUT2D eigenvalue weighted by Gasteiger charge is -2.18. The lowest BCUT2D eigenvalue weighted by molar-refractivity contribution is 0.122. The molecule has 0 aliphatic rings. The third-order valence-corrected chi connectivity index (χ3v) is 5.35. The van der Waals surface area contributed by atoms with E-state index in [1.165, 1.54) is 16.3 Å².